The fourth-order valence-corrected chi connectivity index (χ4v) is 4.82. The third-order valence-electron chi connectivity index (χ3n) is 6.03. The predicted molar refractivity (Wildman–Crippen MR) is 133 cm³/mol. The Labute approximate surface area is 202 Å². The van der Waals surface area contributed by atoms with Gasteiger partial charge >= 0.3 is 5.97 Å². The molecule has 1 aromatic heterocycles. The lowest BCUT2D eigenvalue weighted by Crippen LogP contribution is -2.51. The van der Waals surface area contributed by atoms with Crippen LogP contribution in [-0.4, -0.2) is 45.9 Å². The first kappa shape index (κ1) is 25.4. The fourth-order valence-electron chi connectivity index (χ4n) is 4.29. The van der Waals surface area contributed by atoms with E-state index in [4.69, 9.17) is 9.47 Å². The van der Waals surface area contributed by atoms with Gasteiger partial charge < -0.3 is 9.47 Å². The minimum atomic E-state index is -0.369. The molecule has 6 nitrogen and oxygen atoms in total. The van der Waals surface area contributed by atoms with E-state index in [1.807, 2.05) is 44.2 Å². The number of likely N-dealkylation sites (N-methyl/N-ethyl adjacent to an activating group) is 1. The van der Waals surface area contributed by atoms with Gasteiger partial charge in [-0.25, -0.2) is 0 Å². The molecule has 3 rings (SSSR count). The number of hydrogen-bond donors (Lipinski definition) is 0. The first-order chi connectivity index (χ1) is 15.9. The quantitative estimate of drug-likeness (QED) is 0.215. The highest BCUT2D eigenvalue weighted by Gasteiger charge is 2.40. The predicted octanol–water partition coefficient (Wildman–Crippen LogP) is 6.02. The molecule has 0 aliphatic carbocycles. The molecule has 0 radical (unpaired) electrons. The van der Waals surface area contributed by atoms with Gasteiger partial charge in [-0.3, -0.25) is 9.28 Å². The maximum atomic E-state index is 12.7. The van der Waals surface area contributed by atoms with Crippen molar-refractivity contribution in [2.75, 3.05) is 26.7 Å². The Morgan fingerprint density at radius 3 is 2.67 bits per heavy atom. The smallest absolute Gasteiger partial charge is 0.310 e. The van der Waals surface area contributed by atoms with Crippen molar-refractivity contribution in [1.82, 2.24) is 8.75 Å². The van der Waals surface area contributed by atoms with Gasteiger partial charge in [0.1, 0.15) is 12.2 Å². The number of esters is 1. The molecule has 0 spiro atoms. The van der Waals surface area contributed by atoms with Crippen LogP contribution in [0.2, 0.25) is 0 Å². The second-order valence-electron chi connectivity index (χ2n) is 9.56. The van der Waals surface area contributed by atoms with Crippen LogP contribution in [-0.2, 0) is 9.53 Å². The Kier molecular flexibility index (Phi) is 9.44. The highest BCUT2D eigenvalue weighted by Crippen LogP contribution is 2.37. The van der Waals surface area contributed by atoms with E-state index in [0.717, 1.165) is 36.2 Å². The van der Waals surface area contributed by atoms with Crippen molar-refractivity contribution in [1.29, 1.82) is 0 Å². The van der Waals surface area contributed by atoms with Gasteiger partial charge in [-0.1, -0.05) is 64.3 Å². The molecule has 2 heterocycles. The topological polar surface area (TPSA) is 61.3 Å². The number of unbranched alkanes of at least 4 members (excludes halogenated alkanes) is 3. The van der Waals surface area contributed by atoms with E-state index in [-0.39, 0.29) is 18.1 Å². The Morgan fingerprint density at radius 1 is 1.15 bits per heavy atom. The summed E-state index contributed by atoms with van der Waals surface area (Å²) in [6, 6.07) is 10.1. The van der Waals surface area contributed by atoms with Crippen molar-refractivity contribution >= 4 is 23.3 Å². The van der Waals surface area contributed by atoms with Crippen LogP contribution in [0.5, 0.6) is 5.88 Å². The van der Waals surface area contributed by atoms with Gasteiger partial charge in [-0.15, -0.1) is 4.37 Å². The lowest BCUT2D eigenvalue weighted by molar-refractivity contribution is -0.953. The number of nitrogens with zero attached hydrogens (tertiary/aromatic N) is 3. The van der Waals surface area contributed by atoms with Gasteiger partial charge in [0.25, 0.3) is 12.1 Å². The van der Waals surface area contributed by atoms with Crippen LogP contribution in [0.25, 0.3) is 5.57 Å². The Morgan fingerprint density at radius 2 is 1.94 bits per heavy atom. The Balaban J connectivity index is 1.77. The molecular formula is C26H38N3O3S+. The monoisotopic (exact) mass is 472 g/mol. The van der Waals surface area contributed by atoms with E-state index in [0.29, 0.717) is 29.9 Å². The zero-order chi connectivity index (χ0) is 23.7. The number of ether oxygens (including phenoxy) is 2. The standard InChI is InChI=1S/C26H38N3O3S/c1-5-6-7-11-17-31-25-24(27-33-28-25)22-15-12-16-29(4,19-22)26(21-13-9-8-10-14-21)32-23(30)18-20(2)3/h8-10,13-15,20,26H,5-7,11-12,16-19H2,1-4H3/q+1. The van der Waals surface area contributed by atoms with E-state index < -0.39 is 0 Å². The van der Waals surface area contributed by atoms with Crippen molar-refractivity contribution in [3.63, 3.8) is 0 Å². The van der Waals surface area contributed by atoms with Crippen LogP contribution in [0.15, 0.2) is 36.4 Å². The third-order valence-corrected chi connectivity index (χ3v) is 6.54. The number of quaternary nitrogens is 1. The average molecular weight is 473 g/mol. The second-order valence-corrected chi connectivity index (χ2v) is 10.1. The van der Waals surface area contributed by atoms with Gasteiger partial charge in [0, 0.05) is 18.4 Å². The minimum Gasteiger partial charge on any atom is -0.475 e. The van der Waals surface area contributed by atoms with E-state index in [2.05, 4.69) is 28.8 Å². The highest BCUT2D eigenvalue weighted by atomic mass is 32.1. The van der Waals surface area contributed by atoms with Gasteiger partial charge in [0.05, 0.1) is 37.5 Å². The molecule has 2 aromatic rings. The van der Waals surface area contributed by atoms with E-state index >= 15 is 0 Å². The fraction of sp³-hybridized carbons (Fsp3) is 0.577. The molecule has 0 saturated carbocycles. The number of carbonyl (C=O) groups is 1. The van der Waals surface area contributed by atoms with Crippen LogP contribution in [0.4, 0.5) is 0 Å². The first-order valence-corrected chi connectivity index (χ1v) is 12.9. The largest absolute Gasteiger partial charge is 0.475 e. The molecule has 33 heavy (non-hydrogen) atoms. The molecule has 0 saturated heterocycles. The molecule has 2 atom stereocenters. The number of benzene rings is 1. The third kappa shape index (κ3) is 7.11. The van der Waals surface area contributed by atoms with E-state index in [1.165, 1.54) is 31.0 Å². The zero-order valence-electron chi connectivity index (χ0n) is 20.5. The maximum absolute atomic E-state index is 12.7. The van der Waals surface area contributed by atoms with Gasteiger partial charge in [-0.05, 0) is 24.5 Å². The summed E-state index contributed by atoms with van der Waals surface area (Å²) in [7, 11) is 2.17. The number of rotatable bonds is 12. The lowest BCUT2D eigenvalue weighted by Gasteiger charge is -2.42. The molecule has 1 aliphatic heterocycles. The molecule has 0 amide bonds. The lowest BCUT2D eigenvalue weighted by atomic mass is 10.0. The second kappa shape index (κ2) is 12.3. The Hall–Kier alpha value is -2.25. The molecule has 0 bridgehead atoms. The van der Waals surface area contributed by atoms with Gasteiger partial charge in [-0.2, -0.15) is 4.37 Å². The van der Waals surface area contributed by atoms with Gasteiger partial charge in [0.15, 0.2) is 0 Å². The molecule has 180 valence electrons. The molecule has 1 aromatic carbocycles. The minimum absolute atomic E-state index is 0.152. The summed E-state index contributed by atoms with van der Waals surface area (Å²) in [5, 5.41) is 0. The van der Waals surface area contributed by atoms with Crippen LogP contribution in [0.3, 0.4) is 0 Å². The summed E-state index contributed by atoms with van der Waals surface area (Å²) in [5.74, 6) is 0.735. The normalized spacial score (nSPS) is 19.2. The first-order valence-electron chi connectivity index (χ1n) is 12.2. The summed E-state index contributed by atoms with van der Waals surface area (Å²) in [5.41, 5.74) is 2.96. The number of carbonyl (C=O) groups excluding carboxylic acids is 1. The number of hydrogen-bond acceptors (Lipinski definition) is 6. The number of aromatic nitrogens is 2. The van der Waals surface area contributed by atoms with Crippen molar-refractivity contribution < 1.29 is 18.8 Å². The maximum Gasteiger partial charge on any atom is 0.310 e. The Bertz CT molecular complexity index is 913. The van der Waals surface area contributed by atoms with Crippen LogP contribution < -0.4 is 4.74 Å². The molecule has 1 aliphatic rings. The van der Waals surface area contributed by atoms with Crippen molar-refractivity contribution in [3.05, 3.63) is 47.7 Å². The zero-order valence-corrected chi connectivity index (χ0v) is 21.3. The summed E-state index contributed by atoms with van der Waals surface area (Å²) < 4.78 is 21.7. The summed E-state index contributed by atoms with van der Waals surface area (Å²) in [6.45, 7) is 8.52. The summed E-state index contributed by atoms with van der Waals surface area (Å²) in [4.78, 5) is 12.7. The van der Waals surface area contributed by atoms with E-state index in [9.17, 15) is 4.79 Å². The molecule has 2 unspecified atom stereocenters. The van der Waals surface area contributed by atoms with Crippen molar-refractivity contribution in [2.45, 2.75) is 65.5 Å². The van der Waals surface area contributed by atoms with Gasteiger partial charge in [0.2, 0.25) is 0 Å². The highest BCUT2D eigenvalue weighted by molar-refractivity contribution is 6.99. The SMILES string of the molecule is CCCCCCOc1nsnc1C1=CCC[N+](C)(C(OC(=O)CC(C)C)c2ccccc2)C1. The summed E-state index contributed by atoms with van der Waals surface area (Å²) in [6.07, 6.45) is 7.79. The average Bonchev–Trinajstić information content (AvgIpc) is 3.26. The van der Waals surface area contributed by atoms with Crippen molar-refractivity contribution in [2.24, 2.45) is 5.92 Å². The summed E-state index contributed by atoms with van der Waals surface area (Å²) >= 11 is 1.19. The van der Waals surface area contributed by atoms with E-state index in [1.54, 1.807) is 0 Å². The molecular weight excluding hydrogens is 434 g/mol. The van der Waals surface area contributed by atoms with Crippen LogP contribution in [0, 0.1) is 5.92 Å². The van der Waals surface area contributed by atoms with Crippen molar-refractivity contribution in [3.8, 4) is 5.88 Å². The van der Waals surface area contributed by atoms with Crippen LogP contribution in [0.1, 0.15) is 76.8 Å². The van der Waals surface area contributed by atoms with Crippen LogP contribution >= 0.6 is 11.7 Å². The molecule has 0 fully saturated rings. The molecule has 7 heteroatoms. The molecule has 0 N–H and O–H groups in total.